The third-order valence-corrected chi connectivity index (χ3v) is 4.62. The van der Waals surface area contributed by atoms with E-state index in [0.717, 1.165) is 11.3 Å². The minimum Gasteiger partial charge on any atom is -0.338 e. The third kappa shape index (κ3) is 2.87. The Balaban J connectivity index is 1.59. The summed E-state index contributed by atoms with van der Waals surface area (Å²) in [5.41, 5.74) is 2.96. The monoisotopic (exact) mass is 355 g/mol. The Hall–Kier alpha value is -3.03. The normalized spacial score (nSPS) is 13.7. The van der Waals surface area contributed by atoms with Gasteiger partial charge in [0.1, 0.15) is 5.82 Å². The summed E-state index contributed by atoms with van der Waals surface area (Å²) in [6.07, 6.45) is 0.715. The lowest BCUT2D eigenvalue weighted by Gasteiger charge is -2.27. The smallest absolute Gasteiger partial charge is 0.278 e. The van der Waals surface area contributed by atoms with Gasteiger partial charge in [0.05, 0.1) is 6.42 Å². The van der Waals surface area contributed by atoms with Crippen LogP contribution in [0.4, 0.5) is 4.39 Å². The van der Waals surface area contributed by atoms with Gasteiger partial charge in [0.2, 0.25) is 5.91 Å². The largest absolute Gasteiger partial charge is 0.338 e. The van der Waals surface area contributed by atoms with Crippen molar-refractivity contribution in [3.8, 4) is 11.6 Å². The van der Waals surface area contributed by atoms with Crippen molar-refractivity contribution in [1.29, 1.82) is 0 Å². The molecule has 0 spiro atoms. The first-order valence-corrected chi connectivity index (χ1v) is 8.39. The number of amides is 1. The second-order valence-corrected chi connectivity index (χ2v) is 6.38. The van der Waals surface area contributed by atoms with Crippen molar-refractivity contribution in [2.24, 2.45) is 7.05 Å². The zero-order valence-corrected chi connectivity index (χ0v) is 14.6. The van der Waals surface area contributed by atoms with E-state index in [-0.39, 0.29) is 18.1 Å². The van der Waals surface area contributed by atoms with Gasteiger partial charge >= 0.3 is 0 Å². The highest BCUT2D eigenvalue weighted by Crippen LogP contribution is 2.29. The zero-order chi connectivity index (χ0) is 18.3. The fraction of sp³-hybridized carbons (Fsp3) is 0.333. The molecule has 2 aromatic heterocycles. The Morgan fingerprint density at radius 2 is 2.15 bits per heavy atom. The molecule has 1 aliphatic rings. The highest BCUT2D eigenvalue weighted by molar-refractivity contribution is 5.79. The molecule has 0 saturated carbocycles. The molecule has 1 amide bonds. The Bertz CT molecular complexity index is 978. The number of hydrogen-bond donors (Lipinski definition) is 0. The summed E-state index contributed by atoms with van der Waals surface area (Å²) < 4.78 is 20.9. The molecule has 0 aliphatic carbocycles. The summed E-state index contributed by atoms with van der Waals surface area (Å²) >= 11 is 0. The van der Waals surface area contributed by atoms with E-state index in [4.69, 9.17) is 4.52 Å². The lowest BCUT2D eigenvalue weighted by atomic mass is 10.0. The number of halogens is 1. The molecule has 3 aromatic rings. The number of carbonyl (C=O) groups excluding carboxylic acids is 1. The highest BCUT2D eigenvalue weighted by atomic mass is 19.1. The molecule has 1 aromatic carbocycles. The third-order valence-electron chi connectivity index (χ3n) is 4.62. The second-order valence-electron chi connectivity index (χ2n) is 6.38. The molecule has 4 rings (SSSR count). The molecule has 26 heavy (non-hydrogen) atoms. The van der Waals surface area contributed by atoms with Gasteiger partial charge in [-0.25, -0.2) is 4.39 Å². The Morgan fingerprint density at radius 1 is 1.35 bits per heavy atom. The van der Waals surface area contributed by atoms with Crippen LogP contribution in [0.2, 0.25) is 0 Å². The number of rotatable bonds is 3. The van der Waals surface area contributed by atoms with Crippen LogP contribution in [0.5, 0.6) is 0 Å². The van der Waals surface area contributed by atoms with Crippen molar-refractivity contribution in [1.82, 2.24) is 24.8 Å². The van der Waals surface area contributed by atoms with E-state index in [9.17, 15) is 9.18 Å². The van der Waals surface area contributed by atoms with Crippen LogP contribution in [-0.2, 0) is 31.2 Å². The molecular weight excluding hydrogens is 337 g/mol. The van der Waals surface area contributed by atoms with Gasteiger partial charge in [0.15, 0.2) is 11.5 Å². The molecule has 0 bridgehead atoms. The maximum absolute atomic E-state index is 13.8. The van der Waals surface area contributed by atoms with Crippen molar-refractivity contribution < 1.29 is 13.7 Å². The fourth-order valence-corrected chi connectivity index (χ4v) is 3.29. The lowest BCUT2D eigenvalue weighted by Crippen LogP contribution is -2.37. The summed E-state index contributed by atoms with van der Waals surface area (Å²) in [7, 11) is 1.86. The summed E-state index contributed by atoms with van der Waals surface area (Å²) in [6.45, 7) is 2.71. The predicted molar refractivity (Wildman–Crippen MR) is 90.5 cm³/mol. The maximum Gasteiger partial charge on any atom is 0.278 e. The van der Waals surface area contributed by atoms with E-state index in [1.165, 1.54) is 6.07 Å². The van der Waals surface area contributed by atoms with E-state index in [1.807, 2.05) is 7.05 Å². The number of aryl methyl sites for hydroxylation is 2. The van der Waals surface area contributed by atoms with Crippen LogP contribution in [0.3, 0.4) is 0 Å². The van der Waals surface area contributed by atoms with Gasteiger partial charge in [-0.05, 0) is 18.6 Å². The quantitative estimate of drug-likeness (QED) is 0.719. The molecule has 8 heteroatoms. The molecule has 3 heterocycles. The average molecular weight is 355 g/mol. The van der Waals surface area contributed by atoms with Crippen molar-refractivity contribution in [2.45, 2.75) is 26.3 Å². The minimum atomic E-state index is -0.359. The maximum atomic E-state index is 13.8. The molecule has 0 atom stereocenters. The fourth-order valence-electron chi connectivity index (χ4n) is 3.29. The van der Waals surface area contributed by atoms with Crippen LogP contribution < -0.4 is 0 Å². The van der Waals surface area contributed by atoms with E-state index in [0.29, 0.717) is 42.5 Å². The Kier molecular flexibility index (Phi) is 4.02. The number of hydrogen-bond acceptors (Lipinski definition) is 5. The number of carbonyl (C=O) groups is 1. The van der Waals surface area contributed by atoms with E-state index >= 15 is 0 Å². The highest BCUT2D eigenvalue weighted by Gasteiger charge is 2.29. The van der Waals surface area contributed by atoms with Crippen molar-refractivity contribution in [3.05, 3.63) is 52.7 Å². The van der Waals surface area contributed by atoms with Crippen molar-refractivity contribution in [2.75, 3.05) is 6.54 Å². The van der Waals surface area contributed by atoms with Crippen LogP contribution >= 0.6 is 0 Å². The molecule has 0 saturated heterocycles. The van der Waals surface area contributed by atoms with Crippen LogP contribution in [-0.4, -0.2) is 37.3 Å². The van der Waals surface area contributed by atoms with Gasteiger partial charge in [0.25, 0.3) is 5.89 Å². The Morgan fingerprint density at radius 3 is 2.88 bits per heavy atom. The van der Waals surface area contributed by atoms with Gasteiger partial charge in [-0.15, -0.1) is 0 Å². The molecular formula is C18H18FN5O2. The first-order chi connectivity index (χ1) is 12.5. The van der Waals surface area contributed by atoms with Gasteiger partial charge in [-0.2, -0.15) is 10.1 Å². The molecule has 1 aliphatic heterocycles. The van der Waals surface area contributed by atoms with Gasteiger partial charge < -0.3 is 9.42 Å². The summed E-state index contributed by atoms with van der Waals surface area (Å²) in [5, 5.41) is 8.30. The number of fused-ring (bicyclic) bond motifs is 1. The minimum absolute atomic E-state index is 0.0390. The molecule has 7 nitrogen and oxygen atoms in total. The van der Waals surface area contributed by atoms with Crippen LogP contribution in [0.1, 0.15) is 22.6 Å². The van der Waals surface area contributed by atoms with Gasteiger partial charge in [-0.1, -0.05) is 23.4 Å². The van der Waals surface area contributed by atoms with Crippen molar-refractivity contribution >= 4 is 5.91 Å². The number of benzene rings is 1. The first-order valence-electron chi connectivity index (χ1n) is 8.39. The van der Waals surface area contributed by atoms with E-state index < -0.39 is 0 Å². The van der Waals surface area contributed by atoms with Crippen LogP contribution in [0, 0.1) is 12.7 Å². The van der Waals surface area contributed by atoms with Gasteiger partial charge in [0, 0.05) is 37.8 Å². The van der Waals surface area contributed by atoms with Crippen molar-refractivity contribution in [3.63, 3.8) is 0 Å². The predicted octanol–water partition coefficient (Wildman–Crippen LogP) is 2.05. The van der Waals surface area contributed by atoms with E-state index in [1.54, 1.807) is 34.7 Å². The molecule has 0 unspecified atom stereocenters. The zero-order valence-electron chi connectivity index (χ0n) is 14.6. The molecule has 0 fully saturated rings. The number of aromatic nitrogens is 4. The summed E-state index contributed by atoms with van der Waals surface area (Å²) in [5.74, 6) is 0.407. The Labute approximate surface area is 149 Å². The molecule has 134 valence electrons. The summed E-state index contributed by atoms with van der Waals surface area (Å²) in [4.78, 5) is 18.6. The number of nitrogens with zero attached hydrogens (tertiary/aromatic N) is 5. The molecule has 0 N–H and O–H groups in total. The molecule has 0 radical (unpaired) electrons. The average Bonchev–Trinajstić information content (AvgIpc) is 3.20. The lowest BCUT2D eigenvalue weighted by molar-refractivity contribution is -0.131. The topological polar surface area (TPSA) is 77.0 Å². The van der Waals surface area contributed by atoms with Crippen LogP contribution in [0.25, 0.3) is 11.6 Å². The van der Waals surface area contributed by atoms with Gasteiger partial charge in [-0.3, -0.25) is 9.48 Å². The van der Waals surface area contributed by atoms with E-state index in [2.05, 4.69) is 15.2 Å². The second kappa shape index (κ2) is 6.36. The first kappa shape index (κ1) is 16.4. The summed E-state index contributed by atoms with van der Waals surface area (Å²) in [6, 6.07) is 6.36. The SMILES string of the molecule is Cc1noc(-c2nn(C)c3c2CN(C(=O)Cc2ccccc2F)CC3)n1. The van der Waals surface area contributed by atoms with Crippen LogP contribution in [0.15, 0.2) is 28.8 Å². The standard InChI is InChI=1S/C18H18FN5O2/c1-11-20-18(26-22-11)17-13-10-24(8-7-15(13)23(2)21-17)16(25)9-12-5-3-4-6-14(12)19/h3-6H,7-10H2,1-2H3.